The number of carbonyl (C=O) groups excluding carboxylic acids is 2. The molecule has 0 N–H and O–H groups in total. The second kappa shape index (κ2) is 6.42. The van der Waals surface area contributed by atoms with Crippen molar-refractivity contribution in [2.45, 2.75) is 11.4 Å². The number of halogens is 1. The molecule has 2 atom stereocenters. The van der Waals surface area contributed by atoms with Crippen molar-refractivity contribution in [1.29, 1.82) is 0 Å². The number of aliphatic carboxylic acids is 1. The first-order chi connectivity index (χ1) is 11.1. The fourth-order valence-electron chi connectivity index (χ4n) is 2.55. The Morgan fingerprint density at radius 2 is 1.74 bits per heavy atom. The third kappa shape index (κ3) is 3.07. The van der Waals surface area contributed by atoms with Crippen LogP contribution in [-0.4, -0.2) is 28.6 Å². The van der Waals surface area contributed by atoms with Crippen LogP contribution in [0.15, 0.2) is 54.6 Å². The van der Waals surface area contributed by atoms with Crippen LogP contribution in [0.5, 0.6) is 0 Å². The molecule has 23 heavy (non-hydrogen) atoms. The van der Waals surface area contributed by atoms with Gasteiger partial charge in [-0.15, -0.1) is 11.8 Å². The summed E-state index contributed by atoms with van der Waals surface area (Å²) in [6.07, 6.45) is 0. The molecule has 0 saturated carbocycles. The number of amides is 1. The zero-order valence-electron chi connectivity index (χ0n) is 12.0. The van der Waals surface area contributed by atoms with E-state index < -0.39 is 17.4 Å². The molecule has 2 aromatic rings. The zero-order chi connectivity index (χ0) is 16.4. The highest BCUT2D eigenvalue weighted by molar-refractivity contribution is 7.99. The average Bonchev–Trinajstić information content (AvgIpc) is 3.01. The van der Waals surface area contributed by atoms with Crippen molar-refractivity contribution >= 4 is 23.6 Å². The molecule has 1 heterocycles. The minimum atomic E-state index is -1.29. The van der Waals surface area contributed by atoms with Crippen molar-refractivity contribution in [2.75, 3.05) is 5.75 Å². The van der Waals surface area contributed by atoms with E-state index in [1.54, 1.807) is 42.5 Å². The Morgan fingerprint density at radius 3 is 2.35 bits per heavy atom. The van der Waals surface area contributed by atoms with Crippen molar-refractivity contribution in [3.63, 3.8) is 0 Å². The fraction of sp³-hybridized carbons (Fsp3) is 0.176. The van der Waals surface area contributed by atoms with Crippen LogP contribution >= 0.6 is 11.8 Å². The van der Waals surface area contributed by atoms with Crippen LogP contribution in [0.4, 0.5) is 4.39 Å². The van der Waals surface area contributed by atoms with E-state index in [0.29, 0.717) is 11.1 Å². The van der Waals surface area contributed by atoms with E-state index in [1.165, 1.54) is 28.8 Å². The lowest BCUT2D eigenvalue weighted by molar-refractivity contribution is -0.310. The molecule has 1 fully saturated rings. The van der Waals surface area contributed by atoms with Gasteiger partial charge in [-0.25, -0.2) is 4.39 Å². The van der Waals surface area contributed by atoms with Crippen molar-refractivity contribution in [3.8, 4) is 0 Å². The predicted octanol–water partition coefficient (Wildman–Crippen LogP) is 1.83. The SMILES string of the molecule is O=C([O-])[C@H]1CS[C@@H](c2ccc(F)cc2)N1C(=O)c1ccccc1. The summed E-state index contributed by atoms with van der Waals surface area (Å²) in [4.78, 5) is 25.5. The van der Waals surface area contributed by atoms with Gasteiger partial charge < -0.3 is 14.8 Å². The third-order valence-electron chi connectivity index (χ3n) is 3.68. The van der Waals surface area contributed by atoms with E-state index in [1.807, 2.05) is 0 Å². The van der Waals surface area contributed by atoms with Gasteiger partial charge in [-0.1, -0.05) is 30.3 Å². The average molecular weight is 330 g/mol. The summed E-state index contributed by atoms with van der Waals surface area (Å²) in [5.41, 5.74) is 1.10. The number of rotatable bonds is 3. The van der Waals surface area contributed by atoms with Gasteiger partial charge in [-0.05, 0) is 29.8 Å². The first-order valence-corrected chi connectivity index (χ1v) is 8.08. The zero-order valence-corrected chi connectivity index (χ0v) is 12.8. The fourth-order valence-corrected chi connectivity index (χ4v) is 3.96. The molecule has 0 aliphatic carbocycles. The lowest BCUT2D eigenvalue weighted by atomic mass is 10.1. The van der Waals surface area contributed by atoms with Crippen LogP contribution in [0.1, 0.15) is 21.3 Å². The largest absolute Gasteiger partial charge is 0.548 e. The normalized spacial score (nSPS) is 20.5. The van der Waals surface area contributed by atoms with Crippen LogP contribution in [0.25, 0.3) is 0 Å². The number of hydrogen-bond donors (Lipinski definition) is 0. The minimum Gasteiger partial charge on any atom is -0.548 e. The smallest absolute Gasteiger partial charge is 0.255 e. The molecule has 2 aromatic carbocycles. The van der Waals surface area contributed by atoms with Gasteiger partial charge in [0.15, 0.2) is 0 Å². The number of thioether (sulfide) groups is 1. The van der Waals surface area contributed by atoms with Gasteiger partial charge in [-0.2, -0.15) is 0 Å². The number of hydrogen-bond acceptors (Lipinski definition) is 4. The lowest BCUT2D eigenvalue weighted by Gasteiger charge is -2.30. The number of benzene rings is 2. The van der Waals surface area contributed by atoms with E-state index in [2.05, 4.69) is 0 Å². The monoisotopic (exact) mass is 330 g/mol. The van der Waals surface area contributed by atoms with Crippen molar-refractivity contribution in [3.05, 3.63) is 71.5 Å². The molecule has 118 valence electrons. The molecule has 0 unspecified atom stereocenters. The molecule has 1 saturated heterocycles. The molecule has 0 aromatic heterocycles. The highest BCUT2D eigenvalue weighted by Crippen LogP contribution is 2.42. The Labute approximate surface area is 136 Å². The van der Waals surface area contributed by atoms with Gasteiger partial charge in [0.05, 0.1) is 12.0 Å². The highest BCUT2D eigenvalue weighted by atomic mass is 32.2. The van der Waals surface area contributed by atoms with Gasteiger partial charge in [0.2, 0.25) is 0 Å². The molecule has 1 amide bonds. The Bertz CT molecular complexity index is 720. The minimum absolute atomic E-state index is 0.239. The molecule has 0 spiro atoms. The highest BCUT2D eigenvalue weighted by Gasteiger charge is 2.39. The molecule has 1 aliphatic rings. The summed E-state index contributed by atoms with van der Waals surface area (Å²) in [5.74, 6) is -1.80. The Hall–Kier alpha value is -2.34. The number of carbonyl (C=O) groups is 2. The van der Waals surface area contributed by atoms with E-state index in [9.17, 15) is 19.1 Å². The Kier molecular flexibility index (Phi) is 4.34. The maximum absolute atomic E-state index is 13.1. The predicted molar refractivity (Wildman–Crippen MR) is 83.0 cm³/mol. The van der Waals surface area contributed by atoms with Crippen LogP contribution in [0.3, 0.4) is 0 Å². The Balaban J connectivity index is 1.97. The molecule has 4 nitrogen and oxygen atoms in total. The van der Waals surface area contributed by atoms with E-state index >= 15 is 0 Å². The second-order valence-electron chi connectivity index (χ2n) is 5.15. The van der Waals surface area contributed by atoms with Gasteiger partial charge >= 0.3 is 0 Å². The van der Waals surface area contributed by atoms with E-state index in [4.69, 9.17) is 0 Å². The second-order valence-corrected chi connectivity index (χ2v) is 6.26. The maximum Gasteiger partial charge on any atom is 0.255 e. The van der Waals surface area contributed by atoms with Crippen LogP contribution in [0.2, 0.25) is 0 Å². The summed E-state index contributed by atoms with van der Waals surface area (Å²) in [6, 6.07) is 13.2. The molecular weight excluding hydrogens is 317 g/mol. The summed E-state index contributed by atoms with van der Waals surface area (Å²) in [6.45, 7) is 0. The Morgan fingerprint density at radius 1 is 1.09 bits per heavy atom. The first kappa shape index (κ1) is 15.6. The van der Waals surface area contributed by atoms with Crippen molar-refractivity contribution in [1.82, 2.24) is 4.90 Å². The van der Waals surface area contributed by atoms with Crippen LogP contribution < -0.4 is 5.11 Å². The molecule has 1 aliphatic heterocycles. The summed E-state index contributed by atoms with van der Waals surface area (Å²) < 4.78 is 13.1. The topological polar surface area (TPSA) is 60.4 Å². The van der Waals surface area contributed by atoms with E-state index in [0.717, 1.165) is 0 Å². The van der Waals surface area contributed by atoms with Gasteiger partial charge in [0.1, 0.15) is 11.2 Å². The number of nitrogens with zero attached hydrogens (tertiary/aromatic N) is 1. The number of carboxylic acids is 1. The van der Waals surface area contributed by atoms with Gasteiger partial charge in [0, 0.05) is 11.3 Å². The quantitative estimate of drug-likeness (QED) is 0.861. The van der Waals surface area contributed by atoms with E-state index in [-0.39, 0.29) is 17.5 Å². The first-order valence-electron chi connectivity index (χ1n) is 7.03. The maximum atomic E-state index is 13.1. The standard InChI is InChI=1S/C17H14FNO3S/c18-13-8-6-12(7-9-13)16-19(14(10-23-16)17(21)22)15(20)11-4-2-1-3-5-11/h1-9,14,16H,10H2,(H,21,22)/p-1/t14-,16+/m1/s1. The molecule has 0 radical (unpaired) electrons. The van der Waals surface area contributed by atoms with Gasteiger partial charge in [-0.3, -0.25) is 4.79 Å². The van der Waals surface area contributed by atoms with Crippen LogP contribution in [0, 0.1) is 5.82 Å². The summed E-state index contributed by atoms with van der Waals surface area (Å²) in [7, 11) is 0. The van der Waals surface area contributed by atoms with Crippen LogP contribution in [-0.2, 0) is 4.79 Å². The molecule has 6 heteroatoms. The molecule has 3 rings (SSSR count). The van der Waals surface area contributed by atoms with Crippen molar-refractivity contribution in [2.24, 2.45) is 0 Å². The van der Waals surface area contributed by atoms with Gasteiger partial charge in [0.25, 0.3) is 5.91 Å². The number of carboxylic acid groups (broad SMARTS) is 1. The third-order valence-corrected chi connectivity index (χ3v) is 5.01. The lowest BCUT2D eigenvalue weighted by Crippen LogP contribution is -2.49. The molecule has 0 bridgehead atoms. The van der Waals surface area contributed by atoms with Crippen molar-refractivity contribution < 1.29 is 19.1 Å². The summed E-state index contributed by atoms with van der Waals surface area (Å²) >= 11 is 1.33. The summed E-state index contributed by atoms with van der Waals surface area (Å²) in [5, 5.41) is 10.9. The molecular formula is C17H13FNO3S-.